The Morgan fingerprint density at radius 2 is 1.79 bits per heavy atom. The molecule has 0 bridgehead atoms. The minimum absolute atomic E-state index is 0.872. The SMILES string of the molecule is CC1OP1(=O)OP(=O)(O)OP(=O)(O)O. The first-order chi connectivity index (χ1) is 6.04. The van der Waals surface area contributed by atoms with Crippen LogP contribution in [0.15, 0.2) is 0 Å². The molecule has 1 rings (SSSR count). The summed E-state index contributed by atoms with van der Waals surface area (Å²) in [7, 11) is -13.9. The van der Waals surface area contributed by atoms with Crippen LogP contribution in [0, 0.1) is 0 Å². The molecular weight excluding hydrogens is 261 g/mol. The predicted octanol–water partition coefficient (Wildman–Crippen LogP) is 0.782. The molecule has 0 aromatic carbocycles. The number of phosphoric acid groups is 2. The Morgan fingerprint density at radius 3 is 2.07 bits per heavy atom. The zero-order valence-corrected chi connectivity index (χ0v) is 9.39. The smallest absolute Gasteiger partial charge is 0.302 e. The van der Waals surface area contributed by atoms with Gasteiger partial charge in [-0.25, -0.2) is 13.4 Å². The lowest BCUT2D eigenvalue weighted by Crippen LogP contribution is -1.89. The van der Waals surface area contributed by atoms with E-state index < -0.39 is 29.1 Å². The minimum Gasteiger partial charge on any atom is -0.302 e. The van der Waals surface area contributed by atoms with Crippen molar-refractivity contribution < 1.29 is 41.5 Å². The van der Waals surface area contributed by atoms with Crippen LogP contribution in [-0.4, -0.2) is 20.5 Å². The molecule has 1 aliphatic heterocycles. The summed E-state index contributed by atoms with van der Waals surface area (Å²) in [6.07, 6.45) is 0. The maximum Gasteiger partial charge on any atom is 0.488 e. The van der Waals surface area contributed by atoms with Gasteiger partial charge in [0.15, 0.2) is 5.85 Å². The Morgan fingerprint density at radius 1 is 1.36 bits per heavy atom. The van der Waals surface area contributed by atoms with E-state index in [1.807, 2.05) is 0 Å². The molecule has 3 unspecified atom stereocenters. The first-order valence-corrected chi connectivity index (χ1v) is 7.77. The number of rotatable bonds is 4. The van der Waals surface area contributed by atoms with Gasteiger partial charge in [-0.2, -0.15) is 4.31 Å². The number of hydrogen-bond donors (Lipinski definition) is 3. The van der Waals surface area contributed by atoms with Crippen LogP contribution in [0.1, 0.15) is 6.92 Å². The van der Waals surface area contributed by atoms with E-state index in [0.717, 1.165) is 0 Å². The molecule has 0 aliphatic carbocycles. The average Bonchev–Trinajstić information content (AvgIpc) is 2.28. The lowest BCUT2D eigenvalue weighted by Gasteiger charge is -2.09. The molecule has 0 radical (unpaired) electrons. The third-order valence-corrected chi connectivity index (χ3v) is 5.94. The summed E-state index contributed by atoms with van der Waals surface area (Å²) in [6.45, 7) is 1.30. The van der Waals surface area contributed by atoms with Crippen molar-refractivity contribution in [2.75, 3.05) is 0 Å². The van der Waals surface area contributed by atoms with Crippen molar-refractivity contribution in [2.45, 2.75) is 12.8 Å². The van der Waals surface area contributed by atoms with Gasteiger partial charge in [0, 0.05) is 0 Å². The maximum absolute atomic E-state index is 11.0. The van der Waals surface area contributed by atoms with Crippen LogP contribution in [-0.2, 0) is 26.8 Å². The van der Waals surface area contributed by atoms with Gasteiger partial charge in [0.1, 0.15) is 0 Å². The largest absolute Gasteiger partial charge is 0.488 e. The Bertz CT molecular complexity index is 366. The van der Waals surface area contributed by atoms with Crippen LogP contribution in [0.4, 0.5) is 0 Å². The lowest BCUT2D eigenvalue weighted by molar-refractivity contribution is 0.229. The summed E-state index contributed by atoms with van der Waals surface area (Å²) < 4.78 is 43.7. The average molecular weight is 268 g/mol. The quantitative estimate of drug-likeness (QED) is 0.497. The summed E-state index contributed by atoms with van der Waals surface area (Å²) in [5, 5.41) is 0. The van der Waals surface area contributed by atoms with Crippen molar-refractivity contribution in [3.05, 3.63) is 0 Å². The fourth-order valence-corrected chi connectivity index (χ4v) is 4.46. The first-order valence-electron chi connectivity index (χ1n) is 3.13. The fourth-order valence-electron chi connectivity index (χ4n) is 0.564. The molecule has 84 valence electrons. The van der Waals surface area contributed by atoms with Crippen LogP contribution in [0.5, 0.6) is 0 Å². The molecule has 0 saturated carbocycles. The van der Waals surface area contributed by atoms with E-state index in [2.05, 4.69) is 13.1 Å². The molecule has 1 saturated heterocycles. The van der Waals surface area contributed by atoms with E-state index in [1.54, 1.807) is 0 Å². The third-order valence-electron chi connectivity index (χ3n) is 1.13. The third kappa shape index (κ3) is 3.55. The van der Waals surface area contributed by atoms with Gasteiger partial charge in [0.25, 0.3) is 0 Å². The summed E-state index contributed by atoms with van der Waals surface area (Å²) in [4.78, 5) is 25.1. The second kappa shape index (κ2) is 3.49. The van der Waals surface area contributed by atoms with E-state index in [9.17, 15) is 13.7 Å². The highest BCUT2D eigenvalue weighted by atomic mass is 31.3. The van der Waals surface area contributed by atoms with Gasteiger partial charge in [-0.15, -0.1) is 0 Å². The van der Waals surface area contributed by atoms with E-state index in [0.29, 0.717) is 0 Å². The maximum atomic E-state index is 11.0. The first kappa shape index (κ1) is 12.5. The molecule has 1 heterocycles. The Hall–Kier alpha value is 0.450. The molecular formula is C2H7O9P3. The molecule has 3 N–H and O–H groups in total. The summed E-state index contributed by atoms with van der Waals surface area (Å²) in [6, 6.07) is 0. The molecule has 3 atom stereocenters. The Kier molecular flexibility index (Phi) is 3.12. The van der Waals surface area contributed by atoms with Crippen LogP contribution >= 0.6 is 23.2 Å². The monoisotopic (exact) mass is 268 g/mol. The molecule has 9 nitrogen and oxygen atoms in total. The van der Waals surface area contributed by atoms with Crippen molar-refractivity contribution in [1.29, 1.82) is 0 Å². The lowest BCUT2D eigenvalue weighted by atomic mass is 10.9. The van der Waals surface area contributed by atoms with Gasteiger partial charge in [-0.1, -0.05) is 0 Å². The normalized spacial score (nSPS) is 36.4. The van der Waals surface area contributed by atoms with Crippen molar-refractivity contribution in [2.24, 2.45) is 0 Å². The van der Waals surface area contributed by atoms with Gasteiger partial charge in [0.05, 0.1) is 0 Å². The van der Waals surface area contributed by atoms with Crippen molar-refractivity contribution in [3.8, 4) is 0 Å². The van der Waals surface area contributed by atoms with Crippen LogP contribution < -0.4 is 0 Å². The standard InChI is InChI=1S/C2H7O9P3/c1-2-9-12(2,3)10-14(7,8)11-13(4,5)6/h2H,1H3,(H,7,8)(H2,4,5,6). The molecule has 0 spiro atoms. The van der Waals surface area contributed by atoms with Crippen LogP contribution in [0.3, 0.4) is 0 Å². The van der Waals surface area contributed by atoms with Gasteiger partial charge < -0.3 is 14.7 Å². The van der Waals surface area contributed by atoms with E-state index >= 15 is 0 Å². The summed E-state index contributed by atoms with van der Waals surface area (Å²) in [5.41, 5.74) is 0. The Labute approximate surface area is 78.4 Å². The second-order valence-electron chi connectivity index (χ2n) is 2.37. The summed E-state index contributed by atoms with van der Waals surface area (Å²) in [5.74, 6) is -0.872. The van der Waals surface area contributed by atoms with E-state index in [-0.39, 0.29) is 0 Å². The van der Waals surface area contributed by atoms with E-state index in [4.69, 9.17) is 14.7 Å². The van der Waals surface area contributed by atoms with Crippen molar-refractivity contribution in [1.82, 2.24) is 0 Å². The zero-order valence-electron chi connectivity index (χ0n) is 6.71. The molecule has 1 aliphatic rings. The Balaban J connectivity index is 2.65. The molecule has 1 fully saturated rings. The highest BCUT2D eigenvalue weighted by molar-refractivity contribution is 7.71. The summed E-state index contributed by atoms with van der Waals surface area (Å²) >= 11 is 0. The van der Waals surface area contributed by atoms with Gasteiger partial charge in [-0.3, -0.25) is 9.09 Å². The molecule has 0 amide bonds. The molecule has 14 heavy (non-hydrogen) atoms. The zero-order chi connectivity index (χ0) is 11.2. The second-order valence-corrected chi connectivity index (χ2v) is 7.61. The molecule has 0 aromatic heterocycles. The highest BCUT2D eigenvalue weighted by Gasteiger charge is 2.57. The van der Waals surface area contributed by atoms with Gasteiger partial charge in [0.2, 0.25) is 0 Å². The predicted molar refractivity (Wildman–Crippen MR) is 42.2 cm³/mol. The van der Waals surface area contributed by atoms with Gasteiger partial charge in [-0.05, 0) is 6.92 Å². The van der Waals surface area contributed by atoms with E-state index in [1.165, 1.54) is 6.92 Å². The highest BCUT2D eigenvalue weighted by Crippen LogP contribution is 2.78. The number of hydrogen-bond acceptors (Lipinski definition) is 6. The van der Waals surface area contributed by atoms with Gasteiger partial charge >= 0.3 is 23.2 Å². The molecule has 0 aromatic rings. The van der Waals surface area contributed by atoms with Crippen molar-refractivity contribution in [3.63, 3.8) is 0 Å². The minimum atomic E-state index is -5.18. The van der Waals surface area contributed by atoms with Crippen LogP contribution in [0.25, 0.3) is 0 Å². The van der Waals surface area contributed by atoms with Crippen LogP contribution in [0.2, 0.25) is 0 Å². The fraction of sp³-hybridized carbons (Fsp3) is 1.00. The molecule has 12 heteroatoms. The topological polar surface area (TPSA) is 143 Å². The van der Waals surface area contributed by atoms with Crippen molar-refractivity contribution >= 4 is 23.2 Å².